The zero-order valence-electron chi connectivity index (χ0n) is 23.0. The Morgan fingerprint density at radius 2 is 1.93 bits per heavy atom. The molecule has 0 radical (unpaired) electrons. The summed E-state index contributed by atoms with van der Waals surface area (Å²) < 4.78 is 36.7. The van der Waals surface area contributed by atoms with Gasteiger partial charge in [0.25, 0.3) is 17.4 Å². The predicted octanol–water partition coefficient (Wildman–Crippen LogP) is 3.89. The van der Waals surface area contributed by atoms with Crippen LogP contribution in [0.4, 0.5) is 18.9 Å². The second-order valence-corrected chi connectivity index (χ2v) is 10.2. The van der Waals surface area contributed by atoms with Gasteiger partial charge in [0, 0.05) is 29.7 Å². The van der Waals surface area contributed by atoms with Crippen LogP contribution in [0.1, 0.15) is 59.2 Å². The fraction of sp³-hybridized carbons (Fsp3) is 0.407. The molecule has 4 rings (SSSR count). The van der Waals surface area contributed by atoms with E-state index in [1.54, 1.807) is 6.07 Å². The second-order valence-electron chi connectivity index (χ2n) is 9.82. The highest BCUT2D eigenvalue weighted by Gasteiger charge is 2.38. The third kappa shape index (κ3) is 9.64. The van der Waals surface area contributed by atoms with Crippen LogP contribution < -0.4 is 26.7 Å². The topological polar surface area (TPSA) is 189 Å². The summed E-state index contributed by atoms with van der Waals surface area (Å²) in [6.07, 6.45) is 2.79. The molecule has 2 atom stereocenters. The highest BCUT2D eigenvalue weighted by Crippen LogP contribution is 2.27. The van der Waals surface area contributed by atoms with Gasteiger partial charge in [0.1, 0.15) is 11.2 Å². The Hall–Kier alpha value is -4.24. The number of ether oxygens (including phenoxy) is 1. The van der Waals surface area contributed by atoms with Gasteiger partial charge >= 0.3 is 18.2 Å². The number of aliphatic carboxylic acids is 1. The van der Waals surface area contributed by atoms with E-state index in [0.717, 1.165) is 25.7 Å². The number of nitrogens with one attached hydrogen (secondary N) is 3. The number of carboxylic acid groups (broad SMARTS) is 1. The van der Waals surface area contributed by atoms with Crippen LogP contribution >= 0.6 is 11.6 Å². The molecule has 0 spiro atoms. The number of nitrogens with zero attached hydrogens (tertiary/aromatic N) is 2. The van der Waals surface area contributed by atoms with Crippen LogP contribution in [0.3, 0.4) is 0 Å². The molecule has 3 aromatic rings. The molecular weight excluding hydrogens is 597 g/mol. The molecule has 2 heterocycles. The average molecular weight is 627 g/mol. The number of carbonyl (C=O) groups excluding carboxylic acids is 2. The lowest BCUT2D eigenvalue weighted by Crippen LogP contribution is -2.29. The van der Waals surface area contributed by atoms with E-state index >= 15 is 0 Å². The molecule has 16 heteroatoms. The zero-order valence-corrected chi connectivity index (χ0v) is 23.7. The molecular formula is C27H30ClF3N6O6. The monoisotopic (exact) mass is 626 g/mol. The number of H-pyrrole nitrogens is 1. The first kappa shape index (κ1) is 33.3. The van der Waals surface area contributed by atoms with Crippen LogP contribution in [-0.4, -0.2) is 63.7 Å². The molecule has 43 heavy (non-hydrogen) atoms. The van der Waals surface area contributed by atoms with Crippen LogP contribution in [0.2, 0.25) is 5.02 Å². The van der Waals surface area contributed by atoms with Gasteiger partial charge < -0.3 is 31.2 Å². The highest BCUT2D eigenvalue weighted by molar-refractivity contribution is 6.34. The third-order valence-electron chi connectivity index (χ3n) is 6.62. The first-order chi connectivity index (χ1) is 20.3. The number of alkyl halides is 3. The Bertz CT molecular complexity index is 1530. The predicted molar refractivity (Wildman–Crippen MR) is 151 cm³/mol. The van der Waals surface area contributed by atoms with Gasteiger partial charge in [-0.3, -0.25) is 14.4 Å². The molecule has 1 aliphatic carbocycles. The number of carboxylic acids is 1. The quantitative estimate of drug-likeness (QED) is 0.231. The first-order valence-corrected chi connectivity index (χ1v) is 13.5. The van der Waals surface area contributed by atoms with Crippen molar-refractivity contribution in [2.45, 2.75) is 50.7 Å². The molecule has 1 aromatic carbocycles. The maximum atomic E-state index is 12.9. The van der Waals surface area contributed by atoms with Gasteiger partial charge in [-0.25, -0.2) is 9.78 Å². The Morgan fingerprint density at radius 3 is 2.58 bits per heavy atom. The molecule has 1 fully saturated rings. The minimum atomic E-state index is -5.08. The number of benzene rings is 1. The molecule has 232 valence electrons. The number of halogens is 4. The standard InChI is InChI=1S/C25H29ClN6O4.C2HF3O2/c1-36-25-29-13-16-11-18(24(35)31-21(16)32-25)23(34)30-20-12-15(7-8-19(20)26)22(33)28-9-3-5-14-4-2-6-17(27)10-14;3-2(4,5)1(6)7/h7-8,11-14,17H,2-6,9-10,27H2,1H3,(H,28,33)(H,30,34)(H,29,31,32,35);(H,6,7). The van der Waals surface area contributed by atoms with E-state index in [9.17, 15) is 27.6 Å². The third-order valence-corrected chi connectivity index (χ3v) is 6.95. The number of methoxy groups -OCH3 is 1. The summed E-state index contributed by atoms with van der Waals surface area (Å²) >= 11 is 6.25. The van der Waals surface area contributed by atoms with Crippen molar-refractivity contribution in [2.75, 3.05) is 19.0 Å². The molecule has 1 saturated carbocycles. The van der Waals surface area contributed by atoms with Crippen molar-refractivity contribution in [3.63, 3.8) is 0 Å². The molecule has 1 aliphatic rings. The molecule has 6 N–H and O–H groups in total. The van der Waals surface area contributed by atoms with Crippen molar-refractivity contribution >= 4 is 46.1 Å². The minimum absolute atomic E-state index is 0.0930. The van der Waals surface area contributed by atoms with E-state index in [1.807, 2.05) is 0 Å². The largest absolute Gasteiger partial charge is 0.490 e. The summed E-state index contributed by atoms with van der Waals surface area (Å²) in [6, 6.07) is 6.37. The molecule has 0 aliphatic heterocycles. The first-order valence-electron chi connectivity index (χ1n) is 13.2. The maximum absolute atomic E-state index is 12.9. The second kappa shape index (κ2) is 14.8. The van der Waals surface area contributed by atoms with Gasteiger partial charge in [-0.15, -0.1) is 0 Å². The number of anilines is 1. The summed E-state index contributed by atoms with van der Waals surface area (Å²) in [5.74, 6) is -3.08. The number of fused-ring (bicyclic) bond motifs is 1. The number of hydrogen-bond donors (Lipinski definition) is 5. The van der Waals surface area contributed by atoms with E-state index in [1.165, 1.54) is 44.3 Å². The van der Waals surface area contributed by atoms with E-state index < -0.39 is 23.6 Å². The highest BCUT2D eigenvalue weighted by atomic mass is 35.5. The minimum Gasteiger partial charge on any atom is -0.475 e. The lowest BCUT2D eigenvalue weighted by molar-refractivity contribution is -0.192. The summed E-state index contributed by atoms with van der Waals surface area (Å²) in [5.41, 5.74) is 6.08. The lowest BCUT2D eigenvalue weighted by Gasteiger charge is -2.26. The average Bonchev–Trinajstić information content (AvgIpc) is 2.95. The van der Waals surface area contributed by atoms with Crippen molar-refractivity contribution < 1.29 is 37.4 Å². The van der Waals surface area contributed by atoms with Crippen molar-refractivity contribution in [1.29, 1.82) is 0 Å². The van der Waals surface area contributed by atoms with E-state index in [0.29, 0.717) is 29.5 Å². The molecule has 2 amide bonds. The summed E-state index contributed by atoms with van der Waals surface area (Å²) in [7, 11) is 1.41. The van der Waals surface area contributed by atoms with Crippen LogP contribution in [0.15, 0.2) is 35.3 Å². The number of nitrogens with two attached hydrogens (primary N) is 1. The molecule has 0 bridgehead atoms. The van der Waals surface area contributed by atoms with E-state index in [2.05, 4.69) is 25.6 Å². The van der Waals surface area contributed by atoms with Crippen molar-refractivity contribution in [2.24, 2.45) is 11.7 Å². The van der Waals surface area contributed by atoms with Gasteiger partial charge in [-0.05, 0) is 55.9 Å². The van der Waals surface area contributed by atoms with E-state index in [4.69, 9.17) is 32.0 Å². The number of rotatable bonds is 8. The summed E-state index contributed by atoms with van der Waals surface area (Å²) in [4.78, 5) is 57.5. The summed E-state index contributed by atoms with van der Waals surface area (Å²) in [6.45, 7) is 0.550. The van der Waals surface area contributed by atoms with Gasteiger partial charge in [0.05, 0.1) is 17.8 Å². The van der Waals surface area contributed by atoms with Crippen molar-refractivity contribution in [3.8, 4) is 6.01 Å². The van der Waals surface area contributed by atoms with Crippen LogP contribution in [0, 0.1) is 5.92 Å². The zero-order chi connectivity index (χ0) is 31.7. The van der Waals surface area contributed by atoms with Gasteiger partial charge in [-0.2, -0.15) is 18.2 Å². The maximum Gasteiger partial charge on any atom is 0.490 e. The number of pyridine rings is 1. The van der Waals surface area contributed by atoms with Crippen LogP contribution in [0.5, 0.6) is 6.01 Å². The van der Waals surface area contributed by atoms with Crippen molar-refractivity contribution in [1.82, 2.24) is 20.3 Å². The van der Waals surface area contributed by atoms with Gasteiger partial charge in [-0.1, -0.05) is 24.4 Å². The summed E-state index contributed by atoms with van der Waals surface area (Å²) in [5, 5.41) is 13.3. The van der Waals surface area contributed by atoms with Crippen LogP contribution in [-0.2, 0) is 4.79 Å². The Kier molecular flexibility index (Phi) is 11.4. The Balaban J connectivity index is 0.000000646. The number of amides is 2. The van der Waals surface area contributed by atoms with Gasteiger partial charge in [0.15, 0.2) is 0 Å². The van der Waals surface area contributed by atoms with Crippen molar-refractivity contribution in [3.05, 3.63) is 57.0 Å². The fourth-order valence-electron chi connectivity index (χ4n) is 4.49. The molecule has 12 nitrogen and oxygen atoms in total. The fourth-order valence-corrected chi connectivity index (χ4v) is 4.65. The normalized spacial score (nSPS) is 16.5. The van der Waals surface area contributed by atoms with Gasteiger partial charge in [0.2, 0.25) is 0 Å². The lowest BCUT2D eigenvalue weighted by atomic mass is 9.83. The number of hydrogen-bond acceptors (Lipinski definition) is 8. The Morgan fingerprint density at radius 1 is 1.21 bits per heavy atom. The smallest absolute Gasteiger partial charge is 0.475 e. The Labute approximate surface area is 248 Å². The SMILES string of the molecule is COc1ncc2cc(C(=O)Nc3cc(C(=O)NCCCC4CCCC(N)C4)ccc3Cl)c(=O)[nH]c2n1.O=C(O)C(F)(F)F. The number of aromatic nitrogens is 3. The number of aromatic amines is 1. The molecule has 0 saturated heterocycles. The molecule has 2 unspecified atom stereocenters. The van der Waals surface area contributed by atoms with Crippen LogP contribution in [0.25, 0.3) is 11.0 Å². The van der Waals surface area contributed by atoms with E-state index in [-0.39, 0.29) is 33.8 Å². The molecule has 2 aromatic heterocycles. The number of carbonyl (C=O) groups is 3.